The molecule has 1 saturated heterocycles. The molecular formula is C34H45FN6O10S. The average molecular weight is 749 g/mol. The van der Waals surface area contributed by atoms with Gasteiger partial charge >= 0.3 is 12.2 Å². The molecule has 0 aromatic heterocycles. The molecule has 6 atom stereocenters. The van der Waals surface area contributed by atoms with Crippen LogP contribution >= 0.6 is 0 Å². The van der Waals surface area contributed by atoms with Gasteiger partial charge in [-0.1, -0.05) is 32.1 Å². The molecule has 16 nitrogen and oxygen atoms in total. The van der Waals surface area contributed by atoms with E-state index in [9.17, 15) is 46.7 Å². The smallest absolute Gasteiger partial charge is 0.408 e. The van der Waals surface area contributed by atoms with Crippen molar-refractivity contribution < 1.29 is 51.4 Å². The number of rotatable bonds is 12. The Labute approximate surface area is 300 Å². The summed E-state index contributed by atoms with van der Waals surface area (Å²) in [5.41, 5.74) is -2.01. The Hall–Kier alpha value is -4.74. The van der Waals surface area contributed by atoms with Gasteiger partial charge in [0.25, 0.3) is 5.91 Å². The lowest BCUT2D eigenvalue weighted by atomic mass is 9.90. The van der Waals surface area contributed by atoms with Crippen LogP contribution in [0.25, 0.3) is 0 Å². The summed E-state index contributed by atoms with van der Waals surface area (Å²) in [6, 6.07) is 0.417. The summed E-state index contributed by atoms with van der Waals surface area (Å²) in [4.78, 5) is 81.8. The molecule has 1 aromatic rings. The molecule has 5 rings (SSSR count). The zero-order valence-electron chi connectivity index (χ0n) is 29.4. The zero-order valence-corrected chi connectivity index (χ0v) is 30.3. The van der Waals surface area contributed by atoms with Crippen molar-refractivity contribution in [2.24, 2.45) is 11.8 Å². The first-order valence-electron chi connectivity index (χ1n) is 17.2. The van der Waals surface area contributed by atoms with Crippen molar-refractivity contribution >= 4 is 45.8 Å². The molecule has 284 valence electrons. The molecule has 1 aromatic carbocycles. The predicted octanol–water partition coefficient (Wildman–Crippen LogP) is 1.67. The lowest BCUT2D eigenvalue weighted by Gasteiger charge is -2.31. The molecule has 18 heteroatoms. The molecule has 6 amide bonds. The normalized spacial score (nSPS) is 25.7. The van der Waals surface area contributed by atoms with Crippen LogP contribution in [0.4, 0.5) is 14.0 Å². The quantitative estimate of drug-likeness (QED) is 0.195. The molecule has 0 spiro atoms. The van der Waals surface area contributed by atoms with Gasteiger partial charge in [0.1, 0.15) is 29.0 Å². The summed E-state index contributed by atoms with van der Waals surface area (Å²) in [6.07, 6.45) is -0.139. The number of amides is 6. The van der Waals surface area contributed by atoms with Gasteiger partial charge in [0.2, 0.25) is 27.7 Å². The SMILES string of the molecule is C=CC(=O)NC[C@H](NC(=O)OC(C)(C)C)C(=O)N1C[C@H](C2c3cccc(F)c3CN2C(=O)O)C[C@H]1C(=O)N[C@]1(C(=O)NS(=O)(=O)C2CC2)C[C@H]1CC. The summed E-state index contributed by atoms with van der Waals surface area (Å²) in [5, 5.41) is 17.1. The molecule has 0 radical (unpaired) electrons. The van der Waals surface area contributed by atoms with Gasteiger partial charge in [0.05, 0.1) is 17.8 Å². The summed E-state index contributed by atoms with van der Waals surface area (Å²) in [5.74, 6) is -4.99. The Morgan fingerprint density at radius 3 is 2.42 bits per heavy atom. The number of nitrogens with one attached hydrogen (secondary N) is 4. The minimum Gasteiger partial charge on any atom is -0.465 e. The molecule has 0 bridgehead atoms. The third-order valence-electron chi connectivity index (χ3n) is 9.95. The van der Waals surface area contributed by atoms with Crippen molar-refractivity contribution in [2.75, 3.05) is 13.1 Å². The summed E-state index contributed by atoms with van der Waals surface area (Å²) in [6.45, 7) is 9.03. The lowest BCUT2D eigenvalue weighted by molar-refractivity contribution is -0.141. The van der Waals surface area contributed by atoms with Gasteiger partial charge in [0.15, 0.2) is 0 Å². The fourth-order valence-corrected chi connectivity index (χ4v) is 8.52. The summed E-state index contributed by atoms with van der Waals surface area (Å²) in [7, 11) is -3.96. The first kappa shape index (κ1) is 38.5. The van der Waals surface area contributed by atoms with Gasteiger partial charge in [-0.2, -0.15) is 0 Å². The Bertz CT molecular complexity index is 1780. The minimum atomic E-state index is -3.96. The van der Waals surface area contributed by atoms with Gasteiger partial charge in [-0.3, -0.25) is 28.8 Å². The van der Waals surface area contributed by atoms with E-state index in [0.717, 1.165) is 15.9 Å². The number of sulfonamides is 1. The maximum Gasteiger partial charge on any atom is 0.408 e. The number of carbonyl (C=O) groups excluding carboxylic acids is 5. The van der Waals surface area contributed by atoms with Crippen LogP contribution in [0.5, 0.6) is 0 Å². The van der Waals surface area contributed by atoms with Crippen LogP contribution < -0.4 is 20.7 Å². The van der Waals surface area contributed by atoms with Crippen LogP contribution in [0.3, 0.4) is 0 Å². The topological polar surface area (TPSA) is 221 Å². The highest BCUT2D eigenvalue weighted by atomic mass is 32.2. The zero-order chi connectivity index (χ0) is 38.3. The predicted molar refractivity (Wildman–Crippen MR) is 182 cm³/mol. The number of likely N-dealkylation sites (tertiary alicyclic amines) is 1. The molecule has 2 saturated carbocycles. The average Bonchev–Trinajstić information content (AvgIpc) is 3.95. The number of hydrogen-bond acceptors (Lipinski definition) is 9. The first-order valence-corrected chi connectivity index (χ1v) is 18.7. The summed E-state index contributed by atoms with van der Waals surface area (Å²) < 4.78 is 47.7. The van der Waals surface area contributed by atoms with Crippen LogP contribution in [0, 0.1) is 17.7 Å². The van der Waals surface area contributed by atoms with Crippen molar-refractivity contribution in [1.82, 2.24) is 30.5 Å². The van der Waals surface area contributed by atoms with Crippen molar-refractivity contribution in [2.45, 2.75) is 101 Å². The highest BCUT2D eigenvalue weighted by Crippen LogP contribution is 2.48. The van der Waals surface area contributed by atoms with E-state index < -0.39 is 105 Å². The molecule has 4 aliphatic rings. The number of alkyl carbamates (subject to hydrolysis) is 1. The van der Waals surface area contributed by atoms with Crippen LogP contribution in [0.2, 0.25) is 0 Å². The van der Waals surface area contributed by atoms with E-state index in [1.54, 1.807) is 33.8 Å². The van der Waals surface area contributed by atoms with E-state index in [1.807, 2.05) is 0 Å². The van der Waals surface area contributed by atoms with Crippen molar-refractivity contribution in [3.63, 3.8) is 0 Å². The number of carboxylic acid groups (broad SMARTS) is 1. The van der Waals surface area contributed by atoms with Crippen molar-refractivity contribution in [3.8, 4) is 0 Å². The van der Waals surface area contributed by atoms with Gasteiger partial charge in [-0.25, -0.2) is 22.4 Å². The third kappa shape index (κ3) is 8.00. The third-order valence-corrected chi connectivity index (χ3v) is 11.8. The lowest BCUT2D eigenvalue weighted by Crippen LogP contribution is -2.59. The second-order valence-electron chi connectivity index (χ2n) is 14.8. The Kier molecular flexibility index (Phi) is 10.6. The number of hydrogen-bond donors (Lipinski definition) is 5. The largest absolute Gasteiger partial charge is 0.465 e. The molecule has 1 unspecified atom stereocenters. The van der Waals surface area contributed by atoms with E-state index in [1.165, 1.54) is 12.1 Å². The number of nitrogens with zero attached hydrogens (tertiary/aromatic N) is 2. The summed E-state index contributed by atoms with van der Waals surface area (Å²) >= 11 is 0. The number of benzene rings is 1. The molecular weight excluding hydrogens is 703 g/mol. The number of halogens is 1. The maximum atomic E-state index is 14.9. The molecule has 5 N–H and O–H groups in total. The van der Waals surface area contributed by atoms with Gasteiger partial charge < -0.3 is 30.7 Å². The minimum absolute atomic E-state index is 0.143. The second-order valence-corrected chi connectivity index (χ2v) is 16.7. The molecule has 52 heavy (non-hydrogen) atoms. The van der Waals surface area contributed by atoms with Crippen molar-refractivity contribution in [3.05, 3.63) is 47.8 Å². The molecule has 2 aliphatic heterocycles. The number of fused-ring (bicyclic) bond motifs is 1. The number of carbonyl (C=O) groups is 6. The van der Waals surface area contributed by atoms with Crippen LogP contribution in [-0.4, -0.2) is 101 Å². The van der Waals surface area contributed by atoms with Crippen LogP contribution in [-0.2, 0) is 40.5 Å². The molecule has 2 aliphatic carbocycles. The van der Waals surface area contributed by atoms with E-state index >= 15 is 0 Å². The van der Waals surface area contributed by atoms with Crippen molar-refractivity contribution in [1.29, 1.82) is 0 Å². The Balaban J connectivity index is 1.49. The Morgan fingerprint density at radius 1 is 1.15 bits per heavy atom. The highest BCUT2D eigenvalue weighted by Gasteiger charge is 2.62. The van der Waals surface area contributed by atoms with Crippen LogP contribution in [0.15, 0.2) is 30.9 Å². The van der Waals surface area contributed by atoms with Gasteiger partial charge in [0, 0.05) is 24.6 Å². The first-order chi connectivity index (χ1) is 24.3. The fraction of sp³-hybridized carbons (Fsp3) is 0.588. The standard InChI is InChI=1S/C34H45FN6O10S/c1-6-19-14-34(19,30(45)39-52(49,50)20-11-12-20)38-28(43)25-13-18(27-21-9-8-10-23(35)22(21)17-41(27)32(47)48)16-40(25)29(44)24(15-36-26(42)7-2)37-31(46)51-33(3,4)5/h7-10,18-20,24-25,27H,2,6,11-17H2,1,3-5H3,(H,36,42)(H,37,46)(H,38,43)(H,39,45)(H,47,48)/t18-,19-,24+,25+,27?,34-/m1/s1. The van der Waals surface area contributed by atoms with E-state index in [4.69, 9.17) is 4.74 Å². The van der Waals surface area contributed by atoms with E-state index in [2.05, 4.69) is 27.3 Å². The van der Waals surface area contributed by atoms with E-state index in [0.29, 0.717) is 24.8 Å². The highest BCUT2D eigenvalue weighted by molar-refractivity contribution is 7.91. The number of ether oxygens (including phenoxy) is 1. The molecule has 2 heterocycles. The van der Waals surface area contributed by atoms with Gasteiger partial charge in [-0.15, -0.1) is 0 Å². The van der Waals surface area contributed by atoms with Crippen LogP contribution in [0.1, 0.15) is 77.0 Å². The second kappa shape index (κ2) is 14.4. The Morgan fingerprint density at radius 2 is 1.85 bits per heavy atom. The van der Waals surface area contributed by atoms with Gasteiger partial charge in [-0.05, 0) is 70.1 Å². The molecule has 3 fully saturated rings. The fourth-order valence-electron chi connectivity index (χ4n) is 7.16. The maximum absolute atomic E-state index is 14.9. The van der Waals surface area contributed by atoms with E-state index in [-0.39, 0.29) is 31.5 Å². The monoisotopic (exact) mass is 748 g/mol.